The first kappa shape index (κ1) is 15.1. The summed E-state index contributed by atoms with van der Waals surface area (Å²) in [6.45, 7) is 0.192. The van der Waals surface area contributed by atoms with E-state index in [9.17, 15) is 4.79 Å². The molecule has 0 saturated carbocycles. The van der Waals surface area contributed by atoms with E-state index in [1.54, 1.807) is 28.9 Å². The quantitative estimate of drug-likeness (QED) is 0.650. The van der Waals surface area contributed by atoms with Gasteiger partial charge in [0.05, 0.1) is 16.4 Å². The van der Waals surface area contributed by atoms with E-state index >= 15 is 0 Å². The number of nitrogens with zero attached hydrogens (tertiary/aromatic N) is 2. The van der Waals surface area contributed by atoms with Crippen LogP contribution in [0.5, 0.6) is 11.5 Å². The molecule has 2 heterocycles. The number of hydrogen-bond donors (Lipinski definition) is 0. The number of aldehydes is 1. The average molecular weight is 361 g/mol. The van der Waals surface area contributed by atoms with Crippen molar-refractivity contribution in [2.24, 2.45) is 0 Å². The second kappa shape index (κ2) is 5.85. The van der Waals surface area contributed by atoms with Gasteiger partial charge in [0, 0.05) is 10.6 Å². The molecule has 0 bridgehead atoms. The number of carbonyl (C=O) groups excluding carboxylic acids is 1. The molecule has 3 aromatic rings. The minimum atomic E-state index is 0.192. The molecular weight excluding hydrogens is 351 g/mol. The molecule has 0 unspecified atom stereocenters. The molecule has 4 rings (SSSR count). The molecule has 120 valence electrons. The van der Waals surface area contributed by atoms with Crippen molar-refractivity contribution in [1.82, 2.24) is 9.78 Å². The molecule has 0 amide bonds. The van der Waals surface area contributed by atoms with Gasteiger partial charge in [0.2, 0.25) is 6.79 Å². The smallest absolute Gasteiger partial charge is 0.231 e. The van der Waals surface area contributed by atoms with Crippen LogP contribution in [0.15, 0.2) is 42.5 Å². The molecule has 1 aliphatic heterocycles. The molecule has 0 fully saturated rings. The van der Waals surface area contributed by atoms with E-state index in [1.165, 1.54) is 0 Å². The first-order valence-electron chi connectivity index (χ1n) is 7.06. The standard InChI is InChI=1S/C17H10Cl2N2O3/c18-11-2-3-13(19)15(6-11)21-14(7-12(8-22)20-21)10-1-4-16-17(5-10)24-9-23-16/h1-8H,9H2. The van der Waals surface area contributed by atoms with Gasteiger partial charge < -0.3 is 9.47 Å². The number of aromatic nitrogens is 2. The highest BCUT2D eigenvalue weighted by Gasteiger charge is 2.18. The van der Waals surface area contributed by atoms with Crippen LogP contribution >= 0.6 is 23.2 Å². The number of hydrogen-bond acceptors (Lipinski definition) is 4. The summed E-state index contributed by atoms with van der Waals surface area (Å²) in [7, 11) is 0. The number of ether oxygens (including phenoxy) is 2. The maximum absolute atomic E-state index is 11.2. The highest BCUT2D eigenvalue weighted by molar-refractivity contribution is 6.34. The molecule has 5 nitrogen and oxygen atoms in total. The summed E-state index contributed by atoms with van der Waals surface area (Å²) in [5, 5.41) is 5.30. The monoisotopic (exact) mass is 360 g/mol. The van der Waals surface area contributed by atoms with Gasteiger partial charge in [0.1, 0.15) is 5.69 Å². The van der Waals surface area contributed by atoms with Crippen LogP contribution in [0.25, 0.3) is 16.9 Å². The van der Waals surface area contributed by atoms with Crippen molar-refractivity contribution in [1.29, 1.82) is 0 Å². The van der Waals surface area contributed by atoms with Gasteiger partial charge in [-0.05, 0) is 42.5 Å². The Hall–Kier alpha value is -2.50. The predicted octanol–water partition coefficient (Wildman–Crippen LogP) is 4.39. The second-order valence-corrected chi connectivity index (χ2v) is 5.99. The van der Waals surface area contributed by atoms with Crippen LogP contribution in [0.3, 0.4) is 0 Å². The third kappa shape index (κ3) is 2.52. The van der Waals surface area contributed by atoms with Crippen molar-refractivity contribution >= 4 is 29.5 Å². The molecular formula is C17H10Cl2N2O3. The highest BCUT2D eigenvalue weighted by Crippen LogP contribution is 2.37. The number of fused-ring (bicyclic) bond motifs is 1. The van der Waals surface area contributed by atoms with Crippen molar-refractivity contribution in [2.75, 3.05) is 6.79 Å². The minimum Gasteiger partial charge on any atom is -0.454 e. The van der Waals surface area contributed by atoms with E-state index in [4.69, 9.17) is 32.7 Å². The van der Waals surface area contributed by atoms with Crippen LogP contribution in [0.4, 0.5) is 0 Å². The second-order valence-electron chi connectivity index (χ2n) is 5.15. The van der Waals surface area contributed by atoms with Crippen molar-refractivity contribution in [3.8, 4) is 28.4 Å². The Morgan fingerprint density at radius 2 is 1.88 bits per heavy atom. The molecule has 1 aliphatic rings. The Bertz CT molecular complexity index is 953. The highest BCUT2D eigenvalue weighted by atomic mass is 35.5. The number of carbonyl (C=O) groups is 1. The third-order valence-corrected chi connectivity index (χ3v) is 4.21. The largest absolute Gasteiger partial charge is 0.454 e. The fourth-order valence-electron chi connectivity index (χ4n) is 2.55. The van der Waals surface area contributed by atoms with Gasteiger partial charge in [-0.1, -0.05) is 23.2 Å². The van der Waals surface area contributed by atoms with Crippen LogP contribution in [-0.4, -0.2) is 22.9 Å². The lowest BCUT2D eigenvalue weighted by molar-refractivity contribution is 0.111. The molecule has 7 heteroatoms. The van der Waals surface area contributed by atoms with Crippen molar-refractivity contribution in [2.45, 2.75) is 0 Å². The van der Waals surface area contributed by atoms with Gasteiger partial charge in [-0.25, -0.2) is 4.68 Å². The van der Waals surface area contributed by atoms with E-state index < -0.39 is 0 Å². The zero-order valence-electron chi connectivity index (χ0n) is 12.2. The van der Waals surface area contributed by atoms with E-state index in [2.05, 4.69) is 5.10 Å². The predicted molar refractivity (Wildman–Crippen MR) is 90.5 cm³/mol. The Kier molecular flexibility index (Phi) is 3.67. The summed E-state index contributed by atoms with van der Waals surface area (Å²) >= 11 is 12.4. The molecule has 0 spiro atoms. The molecule has 1 aromatic heterocycles. The first-order valence-corrected chi connectivity index (χ1v) is 7.82. The zero-order valence-corrected chi connectivity index (χ0v) is 13.7. The van der Waals surface area contributed by atoms with Gasteiger partial charge >= 0.3 is 0 Å². The van der Waals surface area contributed by atoms with Gasteiger partial charge in [0.25, 0.3) is 0 Å². The lowest BCUT2D eigenvalue weighted by Crippen LogP contribution is -2.00. The zero-order chi connectivity index (χ0) is 16.7. The molecule has 0 saturated heterocycles. The maximum atomic E-state index is 11.2. The van der Waals surface area contributed by atoms with E-state index in [0.717, 1.165) is 5.56 Å². The minimum absolute atomic E-state index is 0.192. The first-order chi connectivity index (χ1) is 11.7. The molecule has 24 heavy (non-hydrogen) atoms. The Labute approximate surface area is 147 Å². The Morgan fingerprint density at radius 3 is 2.71 bits per heavy atom. The summed E-state index contributed by atoms with van der Waals surface area (Å²) in [5.41, 5.74) is 2.39. The molecule has 0 atom stereocenters. The lowest BCUT2D eigenvalue weighted by Gasteiger charge is -2.10. The van der Waals surface area contributed by atoms with Crippen molar-refractivity contribution in [3.05, 3.63) is 58.2 Å². The van der Waals surface area contributed by atoms with E-state index in [0.29, 0.717) is 44.9 Å². The number of rotatable bonds is 3. The summed E-state index contributed by atoms with van der Waals surface area (Å²) < 4.78 is 12.3. The van der Waals surface area contributed by atoms with Crippen LogP contribution in [0.1, 0.15) is 10.5 Å². The van der Waals surface area contributed by atoms with E-state index in [1.807, 2.05) is 18.2 Å². The van der Waals surface area contributed by atoms with E-state index in [-0.39, 0.29) is 6.79 Å². The fraction of sp³-hybridized carbons (Fsp3) is 0.0588. The van der Waals surface area contributed by atoms with Crippen molar-refractivity contribution in [3.63, 3.8) is 0 Å². The van der Waals surface area contributed by atoms with Gasteiger partial charge in [-0.15, -0.1) is 0 Å². The van der Waals surface area contributed by atoms with Crippen LogP contribution in [-0.2, 0) is 0 Å². The van der Waals surface area contributed by atoms with Gasteiger partial charge in [-0.2, -0.15) is 5.10 Å². The molecule has 0 N–H and O–H groups in total. The molecule has 2 aromatic carbocycles. The number of halogens is 2. The summed E-state index contributed by atoms with van der Waals surface area (Å²) in [6.07, 6.45) is 0.686. The van der Waals surface area contributed by atoms with Crippen LogP contribution in [0, 0.1) is 0 Å². The summed E-state index contributed by atoms with van der Waals surface area (Å²) in [5.74, 6) is 1.33. The Morgan fingerprint density at radius 1 is 1.04 bits per heavy atom. The lowest BCUT2D eigenvalue weighted by atomic mass is 10.1. The van der Waals surface area contributed by atoms with Gasteiger partial charge in [0.15, 0.2) is 17.8 Å². The maximum Gasteiger partial charge on any atom is 0.231 e. The van der Waals surface area contributed by atoms with Gasteiger partial charge in [-0.3, -0.25) is 4.79 Å². The summed E-state index contributed by atoms with van der Waals surface area (Å²) in [6, 6.07) is 12.3. The molecule has 0 radical (unpaired) electrons. The molecule has 0 aliphatic carbocycles. The Balaban J connectivity index is 1.91. The average Bonchev–Trinajstić information content (AvgIpc) is 3.22. The third-order valence-electron chi connectivity index (χ3n) is 3.65. The SMILES string of the molecule is O=Cc1cc(-c2ccc3c(c2)OCO3)n(-c2cc(Cl)ccc2Cl)n1. The topological polar surface area (TPSA) is 53.4 Å². The van der Waals surface area contributed by atoms with Crippen LogP contribution < -0.4 is 9.47 Å². The number of benzene rings is 2. The normalized spacial score (nSPS) is 12.4. The fourth-order valence-corrected chi connectivity index (χ4v) is 2.91. The van der Waals surface area contributed by atoms with Crippen LogP contribution in [0.2, 0.25) is 10.0 Å². The van der Waals surface area contributed by atoms with Crippen molar-refractivity contribution < 1.29 is 14.3 Å². The summed E-state index contributed by atoms with van der Waals surface area (Å²) in [4.78, 5) is 11.2.